The van der Waals surface area contributed by atoms with Crippen molar-refractivity contribution in [2.75, 3.05) is 18.7 Å². The highest BCUT2D eigenvalue weighted by Crippen LogP contribution is 2.33. The van der Waals surface area contributed by atoms with E-state index in [1.165, 1.54) is 12.0 Å². The zero-order chi connectivity index (χ0) is 14.5. The number of phenolic OH excluding ortho intramolecular Hbond substituents is 1. The second kappa shape index (κ2) is 6.77. The van der Waals surface area contributed by atoms with E-state index in [1.807, 2.05) is 30.5 Å². The number of ether oxygens (including phenoxy) is 1. The number of anilines is 1. The van der Waals surface area contributed by atoms with Crippen LogP contribution in [0.4, 0.5) is 5.69 Å². The molecule has 0 aliphatic heterocycles. The van der Waals surface area contributed by atoms with E-state index < -0.39 is 0 Å². The number of phenols is 1. The largest absolute Gasteiger partial charge is 0.504 e. The van der Waals surface area contributed by atoms with Crippen LogP contribution < -0.4 is 10.1 Å². The molecule has 106 valence electrons. The zero-order valence-electron chi connectivity index (χ0n) is 11.3. The van der Waals surface area contributed by atoms with Crippen LogP contribution in [0.25, 0.3) is 0 Å². The molecule has 0 atom stereocenters. The Hall–Kier alpha value is -1.52. The van der Waals surface area contributed by atoms with Crippen molar-refractivity contribution in [2.45, 2.75) is 11.4 Å². The number of hydrogen-bond donors (Lipinski definition) is 2. The molecule has 0 amide bonds. The summed E-state index contributed by atoms with van der Waals surface area (Å²) < 4.78 is 5.08. The predicted octanol–water partition coefficient (Wildman–Crippen LogP) is 4.39. The number of halogens is 1. The van der Waals surface area contributed by atoms with Gasteiger partial charge in [0.05, 0.1) is 7.11 Å². The number of nitrogens with one attached hydrogen (secondary N) is 1. The van der Waals surface area contributed by atoms with Gasteiger partial charge in [0.25, 0.3) is 0 Å². The molecule has 0 saturated heterocycles. The van der Waals surface area contributed by atoms with Gasteiger partial charge in [-0.05, 0) is 36.6 Å². The quantitative estimate of drug-likeness (QED) is 0.804. The second-order valence-electron chi connectivity index (χ2n) is 4.20. The van der Waals surface area contributed by atoms with Gasteiger partial charge in [0.15, 0.2) is 11.5 Å². The van der Waals surface area contributed by atoms with Crippen molar-refractivity contribution in [3.8, 4) is 11.5 Å². The van der Waals surface area contributed by atoms with Gasteiger partial charge >= 0.3 is 0 Å². The maximum Gasteiger partial charge on any atom is 0.162 e. The molecule has 0 aliphatic rings. The summed E-state index contributed by atoms with van der Waals surface area (Å²) in [7, 11) is 1.50. The molecule has 2 N–H and O–H groups in total. The fourth-order valence-electron chi connectivity index (χ4n) is 1.82. The number of methoxy groups -OCH3 is 1. The first-order valence-electron chi connectivity index (χ1n) is 6.07. The van der Waals surface area contributed by atoms with E-state index in [4.69, 9.17) is 16.3 Å². The molecule has 0 heterocycles. The Morgan fingerprint density at radius 2 is 1.95 bits per heavy atom. The standard InChI is InChI=1S/C15H16ClNO2S/c1-19-14-8-11(16)7-10(15(14)18)9-17-12-3-5-13(20-2)6-4-12/h3-8,17-18H,9H2,1-2H3. The van der Waals surface area contributed by atoms with E-state index in [0.29, 0.717) is 22.9 Å². The van der Waals surface area contributed by atoms with E-state index in [1.54, 1.807) is 23.9 Å². The summed E-state index contributed by atoms with van der Waals surface area (Å²) in [5, 5.41) is 13.8. The van der Waals surface area contributed by atoms with Crippen LogP contribution in [0.2, 0.25) is 5.02 Å². The van der Waals surface area contributed by atoms with Gasteiger partial charge in [-0.1, -0.05) is 11.6 Å². The van der Waals surface area contributed by atoms with Gasteiger partial charge in [0.2, 0.25) is 0 Å². The van der Waals surface area contributed by atoms with Crippen LogP contribution in [0.3, 0.4) is 0 Å². The van der Waals surface area contributed by atoms with Gasteiger partial charge in [0.1, 0.15) is 0 Å². The summed E-state index contributed by atoms with van der Waals surface area (Å²) in [6.07, 6.45) is 2.04. The van der Waals surface area contributed by atoms with Gasteiger partial charge < -0.3 is 15.2 Å². The first-order valence-corrected chi connectivity index (χ1v) is 7.67. The SMILES string of the molecule is COc1cc(Cl)cc(CNc2ccc(SC)cc2)c1O. The number of aromatic hydroxyl groups is 1. The lowest BCUT2D eigenvalue weighted by atomic mass is 10.1. The molecule has 0 unspecified atom stereocenters. The highest BCUT2D eigenvalue weighted by molar-refractivity contribution is 7.98. The van der Waals surface area contributed by atoms with Crippen molar-refractivity contribution in [1.82, 2.24) is 0 Å². The molecule has 20 heavy (non-hydrogen) atoms. The Kier molecular flexibility index (Phi) is 5.04. The zero-order valence-corrected chi connectivity index (χ0v) is 12.9. The maximum absolute atomic E-state index is 10.0. The topological polar surface area (TPSA) is 41.5 Å². The van der Waals surface area contributed by atoms with Crippen LogP contribution >= 0.6 is 23.4 Å². The van der Waals surface area contributed by atoms with Crippen molar-refractivity contribution in [1.29, 1.82) is 0 Å². The average Bonchev–Trinajstić information content (AvgIpc) is 2.48. The minimum atomic E-state index is 0.116. The Labute approximate surface area is 127 Å². The lowest BCUT2D eigenvalue weighted by molar-refractivity contribution is 0.371. The molecule has 2 rings (SSSR count). The van der Waals surface area contributed by atoms with Crippen LogP contribution in [-0.4, -0.2) is 18.5 Å². The van der Waals surface area contributed by atoms with E-state index in [9.17, 15) is 5.11 Å². The molecule has 0 spiro atoms. The first-order chi connectivity index (χ1) is 9.63. The number of benzene rings is 2. The highest BCUT2D eigenvalue weighted by Gasteiger charge is 2.09. The monoisotopic (exact) mass is 309 g/mol. The molecule has 0 aliphatic carbocycles. The summed E-state index contributed by atoms with van der Waals surface area (Å²) in [4.78, 5) is 1.21. The normalized spacial score (nSPS) is 10.3. The fourth-order valence-corrected chi connectivity index (χ4v) is 2.46. The van der Waals surface area contributed by atoms with Crippen molar-refractivity contribution >= 4 is 29.1 Å². The molecule has 0 saturated carbocycles. The molecule has 2 aromatic rings. The van der Waals surface area contributed by atoms with Crippen LogP contribution in [0.1, 0.15) is 5.56 Å². The van der Waals surface area contributed by atoms with Gasteiger partial charge in [-0.15, -0.1) is 11.8 Å². The molecule has 0 bridgehead atoms. The van der Waals surface area contributed by atoms with Gasteiger partial charge in [0, 0.05) is 33.8 Å². The van der Waals surface area contributed by atoms with Crippen LogP contribution in [0.5, 0.6) is 11.5 Å². The lowest BCUT2D eigenvalue weighted by Gasteiger charge is -2.12. The molecular formula is C15H16ClNO2S. The van der Waals surface area contributed by atoms with Crippen molar-refractivity contribution in [3.05, 3.63) is 47.0 Å². The molecule has 5 heteroatoms. The Morgan fingerprint density at radius 1 is 1.25 bits per heavy atom. The highest BCUT2D eigenvalue weighted by atomic mass is 35.5. The van der Waals surface area contributed by atoms with Crippen molar-refractivity contribution in [2.24, 2.45) is 0 Å². The molecule has 0 fully saturated rings. The lowest BCUT2D eigenvalue weighted by Crippen LogP contribution is -2.00. The minimum Gasteiger partial charge on any atom is -0.504 e. The number of thioether (sulfide) groups is 1. The summed E-state index contributed by atoms with van der Waals surface area (Å²) in [5.74, 6) is 0.497. The third-order valence-corrected chi connectivity index (χ3v) is 3.87. The second-order valence-corrected chi connectivity index (χ2v) is 5.51. The molecule has 2 aromatic carbocycles. The first kappa shape index (κ1) is 14.9. The maximum atomic E-state index is 10.0. The van der Waals surface area contributed by atoms with Crippen LogP contribution in [-0.2, 0) is 6.54 Å². The Bertz CT molecular complexity index is 587. The van der Waals surface area contributed by atoms with Gasteiger partial charge in [-0.25, -0.2) is 0 Å². The third kappa shape index (κ3) is 3.52. The van der Waals surface area contributed by atoms with Gasteiger partial charge in [-0.3, -0.25) is 0 Å². The molecule has 3 nitrogen and oxygen atoms in total. The van der Waals surface area contributed by atoms with E-state index in [-0.39, 0.29) is 5.75 Å². The summed E-state index contributed by atoms with van der Waals surface area (Å²) in [5.41, 5.74) is 1.68. The van der Waals surface area contributed by atoms with E-state index >= 15 is 0 Å². The van der Waals surface area contributed by atoms with Crippen LogP contribution in [0, 0.1) is 0 Å². The summed E-state index contributed by atoms with van der Waals surface area (Å²) in [6, 6.07) is 11.4. The molecular weight excluding hydrogens is 294 g/mol. The predicted molar refractivity (Wildman–Crippen MR) is 85.2 cm³/mol. The summed E-state index contributed by atoms with van der Waals surface area (Å²) in [6.45, 7) is 0.474. The third-order valence-electron chi connectivity index (χ3n) is 2.91. The Balaban J connectivity index is 2.11. The van der Waals surface area contributed by atoms with Crippen molar-refractivity contribution < 1.29 is 9.84 Å². The molecule has 0 radical (unpaired) electrons. The van der Waals surface area contributed by atoms with E-state index in [2.05, 4.69) is 5.32 Å². The van der Waals surface area contributed by atoms with Gasteiger partial charge in [-0.2, -0.15) is 0 Å². The smallest absolute Gasteiger partial charge is 0.162 e. The average molecular weight is 310 g/mol. The minimum absolute atomic E-state index is 0.116. The van der Waals surface area contributed by atoms with Crippen LogP contribution in [0.15, 0.2) is 41.3 Å². The number of hydrogen-bond acceptors (Lipinski definition) is 4. The summed E-state index contributed by atoms with van der Waals surface area (Å²) >= 11 is 7.70. The number of rotatable bonds is 5. The Morgan fingerprint density at radius 3 is 2.55 bits per heavy atom. The van der Waals surface area contributed by atoms with E-state index in [0.717, 1.165) is 5.69 Å². The fraction of sp³-hybridized carbons (Fsp3) is 0.200. The molecule has 0 aromatic heterocycles. The van der Waals surface area contributed by atoms with Crippen molar-refractivity contribution in [3.63, 3.8) is 0 Å².